The topological polar surface area (TPSA) is 102 Å². The van der Waals surface area contributed by atoms with Gasteiger partial charge in [-0.05, 0) is 73.7 Å². The third-order valence-corrected chi connectivity index (χ3v) is 14.4. The molecule has 0 radical (unpaired) electrons. The summed E-state index contributed by atoms with van der Waals surface area (Å²) < 4.78 is 62.8. The number of nitrogens with zero attached hydrogens (tertiary/aromatic N) is 6. The molecular formula is C33H36ClF4N7O2Si. The minimum atomic E-state index is -4.65. The fraction of sp³-hybridized carbons (Fsp3) is 0.424. The number of alkyl halides is 3. The van der Waals surface area contributed by atoms with E-state index < -0.39 is 26.0 Å². The summed E-state index contributed by atoms with van der Waals surface area (Å²) in [5.74, 6) is -0.200. The number of nitrogens with one attached hydrogen (secondary N) is 1. The van der Waals surface area contributed by atoms with Crippen molar-refractivity contribution in [3.63, 3.8) is 0 Å². The fourth-order valence-electron chi connectivity index (χ4n) is 5.98. The Morgan fingerprint density at radius 1 is 1.08 bits per heavy atom. The highest BCUT2D eigenvalue weighted by Gasteiger charge is 2.41. The monoisotopic (exact) mass is 701 g/mol. The van der Waals surface area contributed by atoms with Gasteiger partial charge in [-0.2, -0.15) is 13.2 Å². The van der Waals surface area contributed by atoms with Crippen molar-refractivity contribution in [2.24, 2.45) is 0 Å². The van der Waals surface area contributed by atoms with E-state index >= 15 is 4.39 Å². The Labute approximate surface area is 281 Å². The molecule has 1 aromatic carbocycles. The average molecular weight is 702 g/mol. The number of hydrogen-bond acceptors (Lipinski definition) is 6. The number of benzene rings is 1. The molecule has 2 atom stereocenters. The van der Waals surface area contributed by atoms with E-state index in [9.17, 15) is 18.0 Å². The third kappa shape index (κ3) is 6.57. The summed E-state index contributed by atoms with van der Waals surface area (Å²) in [4.78, 5) is 27.7. The number of fused-ring (bicyclic) bond motifs is 1. The molecule has 254 valence electrons. The molecule has 1 amide bonds. The van der Waals surface area contributed by atoms with Gasteiger partial charge in [0.05, 0.1) is 36.4 Å². The molecule has 0 bridgehead atoms. The Kier molecular flexibility index (Phi) is 8.88. The quantitative estimate of drug-likeness (QED) is 0.154. The van der Waals surface area contributed by atoms with Crippen LogP contribution in [0.15, 0.2) is 48.9 Å². The van der Waals surface area contributed by atoms with Crippen LogP contribution in [0, 0.1) is 5.82 Å². The molecule has 3 aromatic heterocycles. The van der Waals surface area contributed by atoms with Crippen LogP contribution in [0.1, 0.15) is 75.3 Å². The molecule has 1 unspecified atom stereocenters. The van der Waals surface area contributed by atoms with E-state index in [0.717, 1.165) is 17.3 Å². The number of pyridine rings is 1. The molecule has 2 aliphatic heterocycles. The molecule has 48 heavy (non-hydrogen) atoms. The number of aromatic amines is 1. The number of rotatable bonds is 7. The zero-order chi connectivity index (χ0) is 34.6. The summed E-state index contributed by atoms with van der Waals surface area (Å²) in [6, 6.07) is 5.84. The first-order valence-corrected chi connectivity index (χ1v) is 19.0. The van der Waals surface area contributed by atoms with Crippen LogP contribution < -0.4 is 0 Å². The number of hydrogen-bond donors (Lipinski definition) is 1. The van der Waals surface area contributed by atoms with Gasteiger partial charge in [-0.25, -0.2) is 14.1 Å². The van der Waals surface area contributed by atoms with E-state index in [1.54, 1.807) is 41.6 Å². The number of carbonyl (C=O) groups is 1. The van der Waals surface area contributed by atoms with Crippen molar-refractivity contribution in [1.29, 1.82) is 0 Å². The van der Waals surface area contributed by atoms with Crippen molar-refractivity contribution in [3.8, 4) is 16.9 Å². The normalized spacial score (nSPS) is 19.0. The average Bonchev–Trinajstić information content (AvgIpc) is 3.76. The highest BCUT2D eigenvalue weighted by molar-refractivity contribution is 6.74. The van der Waals surface area contributed by atoms with Crippen molar-refractivity contribution in [2.75, 3.05) is 0 Å². The maximum absolute atomic E-state index is 15.7. The van der Waals surface area contributed by atoms with E-state index in [1.165, 1.54) is 6.08 Å². The number of allylic oxidation sites excluding steroid dienone is 1. The Hall–Kier alpha value is -3.88. The molecule has 0 spiro atoms. The van der Waals surface area contributed by atoms with Crippen LogP contribution in [0.25, 0.3) is 22.5 Å². The van der Waals surface area contributed by atoms with Crippen molar-refractivity contribution in [2.45, 2.75) is 89.5 Å². The van der Waals surface area contributed by atoms with Gasteiger partial charge in [0, 0.05) is 34.5 Å². The standard InChI is InChI=1S/C33H36ClF4N7O2Si/c1-32(2,3)48(4,5)47-18-25-30(35)22(12-13-39-25)24-16-40-31(41-24)27-11-9-21-8-6-19(14-29(46)45(21)27)23-15-20(34)7-10-26(23)44-17-28(42-43-44)33(36,37)38/h7,10,12-17,21,27H,6,8-9,11,18H2,1-5H3,(H,40,41)/t21?,27-/m0/s1. The van der Waals surface area contributed by atoms with Gasteiger partial charge >= 0.3 is 6.18 Å². The molecule has 2 aliphatic rings. The molecule has 4 aromatic rings. The maximum Gasteiger partial charge on any atom is 0.436 e. The SMILES string of the molecule is CC(C)(C)[Si](C)(C)OCc1nccc(-c2cnc([C@@H]3CCC4CCC(c5cc(Cl)ccc5-n5cc(C(F)(F)F)nn5)=CC(=O)N43)[nH]2)c1F. The van der Waals surface area contributed by atoms with Crippen LogP contribution in [-0.2, 0) is 22.0 Å². The molecule has 1 fully saturated rings. The molecule has 6 rings (SSSR count). The van der Waals surface area contributed by atoms with E-state index in [1.807, 2.05) is 0 Å². The Morgan fingerprint density at radius 3 is 2.56 bits per heavy atom. The number of H-pyrrole nitrogens is 1. The zero-order valence-electron chi connectivity index (χ0n) is 27.2. The molecule has 5 heterocycles. The number of carbonyl (C=O) groups excluding carboxylic acids is 1. The second-order valence-electron chi connectivity index (χ2n) is 13.8. The number of halogens is 5. The van der Waals surface area contributed by atoms with Gasteiger partial charge in [-0.3, -0.25) is 9.78 Å². The highest BCUT2D eigenvalue weighted by Crippen LogP contribution is 2.42. The fourth-order valence-corrected chi connectivity index (χ4v) is 7.08. The number of aromatic nitrogens is 6. The van der Waals surface area contributed by atoms with Crippen LogP contribution in [0.4, 0.5) is 17.6 Å². The highest BCUT2D eigenvalue weighted by atomic mass is 35.5. The summed E-state index contributed by atoms with van der Waals surface area (Å²) in [6.07, 6.45) is 3.28. The van der Waals surface area contributed by atoms with E-state index in [0.29, 0.717) is 58.2 Å². The minimum absolute atomic E-state index is 0.0341. The lowest BCUT2D eigenvalue weighted by Gasteiger charge is -2.36. The van der Waals surface area contributed by atoms with Crippen LogP contribution in [-0.4, -0.2) is 55.1 Å². The molecular weight excluding hydrogens is 666 g/mol. The first kappa shape index (κ1) is 34.0. The lowest BCUT2D eigenvalue weighted by atomic mass is 9.97. The molecule has 1 saturated heterocycles. The predicted octanol–water partition coefficient (Wildman–Crippen LogP) is 8.30. The van der Waals surface area contributed by atoms with Gasteiger partial charge < -0.3 is 14.3 Å². The third-order valence-electron chi connectivity index (χ3n) is 9.68. The van der Waals surface area contributed by atoms with Gasteiger partial charge in [0.15, 0.2) is 19.8 Å². The predicted molar refractivity (Wildman–Crippen MR) is 175 cm³/mol. The van der Waals surface area contributed by atoms with Gasteiger partial charge in [-0.1, -0.05) is 37.6 Å². The smallest absolute Gasteiger partial charge is 0.411 e. The van der Waals surface area contributed by atoms with Crippen LogP contribution in [0.2, 0.25) is 23.2 Å². The second kappa shape index (κ2) is 12.5. The number of amides is 1. The van der Waals surface area contributed by atoms with Gasteiger partial charge in [0.1, 0.15) is 11.5 Å². The van der Waals surface area contributed by atoms with E-state index in [4.69, 9.17) is 16.0 Å². The first-order chi connectivity index (χ1) is 22.5. The van der Waals surface area contributed by atoms with Crippen LogP contribution in [0.5, 0.6) is 0 Å². The zero-order valence-corrected chi connectivity index (χ0v) is 29.0. The van der Waals surface area contributed by atoms with Crippen LogP contribution in [0.3, 0.4) is 0 Å². The van der Waals surface area contributed by atoms with E-state index in [2.05, 4.69) is 59.1 Å². The van der Waals surface area contributed by atoms with E-state index in [-0.39, 0.29) is 35.3 Å². The second-order valence-corrected chi connectivity index (χ2v) is 19.0. The van der Waals surface area contributed by atoms with Gasteiger partial charge in [0.2, 0.25) is 5.91 Å². The van der Waals surface area contributed by atoms with Crippen molar-refractivity contribution < 1.29 is 26.8 Å². The summed E-state index contributed by atoms with van der Waals surface area (Å²) >= 11 is 6.31. The Balaban J connectivity index is 1.25. The Bertz CT molecular complexity index is 1880. The van der Waals surface area contributed by atoms with Crippen molar-refractivity contribution in [3.05, 3.63) is 82.5 Å². The van der Waals surface area contributed by atoms with Gasteiger partial charge in [-0.15, -0.1) is 5.10 Å². The molecule has 15 heteroatoms. The van der Waals surface area contributed by atoms with Gasteiger partial charge in [0.25, 0.3) is 0 Å². The molecule has 0 aliphatic carbocycles. The molecule has 1 N–H and O–H groups in total. The minimum Gasteiger partial charge on any atom is -0.411 e. The van der Waals surface area contributed by atoms with Crippen molar-refractivity contribution in [1.82, 2.24) is 34.8 Å². The lowest BCUT2D eigenvalue weighted by molar-refractivity contribution is -0.141. The molecule has 9 nitrogen and oxygen atoms in total. The lowest BCUT2D eigenvalue weighted by Crippen LogP contribution is -2.40. The van der Waals surface area contributed by atoms with Crippen LogP contribution >= 0.6 is 11.6 Å². The summed E-state index contributed by atoms with van der Waals surface area (Å²) in [5, 5.41) is 7.30. The summed E-state index contributed by atoms with van der Waals surface area (Å²) in [5.41, 5.74) is 1.31. The summed E-state index contributed by atoms with van der Waals surface area (Å²) in [6.45, 7) is 10.6. The maximum atomic E-state index is 15.7. The molecule has 0 saturated carbocycles. The van der Waals surface area contributed by atoms with Crippen molar-refractivity contribution >= 4 is 31.4 Å². The first-order valence-electron chi connectivity index (χ1n) is 15.7. The summed E-state index contributed by atoms with van der Waals surface area (Å²) in [7, 11) is -2.13. The Morgan fingerprint density at radius 2 is 1.85 bits per heavy atom. The number of imidazole rings is 1. The largest absolute Gasteiger partial charge is 0.436 e.